The molecule has 1 N–H and O–H groups in total. The van der Waals surface area contributed by atoms with Crippen molar-refractivity contribution in [2.75, 3.05) is 0 Å². The first-order valence-corrected chi connectivity index (χ1v) is 3.88. The summed E-state index contributed by atoms with van der Waals surface area (Å²) >= 11 is 2.01. The summed E-state index contributed by atoms with van der Waals surface area (Å²) in [6.07, 6.45) is 0. The molecule has 1 nitrogen and oxygen atoms in total. The van der Waals surface area contributed by atoms with Crippen LogP contribution in [0.15, 0.2) is 0 Å². The van der Waals surface area contributed by atoms with Gasteiger partial charge >= 0.3 is 0 Å². The average molecular weight is 219 g/mol. The van der Waals surface area contributed by atoms with E-state index in [1.165, 1.54) is 0 Å². The highest BCUT2D eigenvalue weighted by molar-refractivity contribution is 14.1. The smallest absolute Gasteiger partial charge is 0.257 e. The quantitative estimate of drug-likeness (QED) is 0.531. The monoisotopic (exact) mass is 220 g/mol. The standard InChI is InChI=1S/C3H8B3IO/c1-3(2)5(8)6(4)7/h3,8H,1-2H3. The Labute approximate surface area is 66.1 Å². The number of hydrogen-bond donors (Lipinski definition) is 1. The Balaban J connectivity index is 3.46. The van der Waals surface area contributed by atoms with Crippen molar-refractivity contribution in [1.82, 2.24) is 0 Å². The lowest BCUT2D eigenvalue weighted by atomic mass is 9.19. The summed E-state index contributed by atoms with van der Waals surface area (Å²) < 4.78 is -0.132. The Morgan fingerprint density at radius 1 is 1.62 bits per heavy atom. The topological polar surface area (TPSA) is 20.2 Å². The minimum Gasteiger partial charge on any atom is -0.457 e. The molecule has 0 fully saturated rings. The molecule has 0 bridgehead atoms. The summed E-state index contributed by atoms with van der Waals surface area (Å²) in [5.74, 6) is 0.266. The Hall–Kier alpha value is 0.885. The molecular formula is C3H8B3IO. The van der Waals surface area contributed by atoms with Gasteiger partial charge in [-0.25, -0.2) is 0 Å². The zero-order valence-electron chi connectivity index (χ0n) is 5.13. The van der Waals surface area contributed by atoms with E-state index in [2.05, 4.69) is 0 Å². The largest absolute Gasteiger partial charge is 0.457 e. The summed E-state index contributed by atoms with van der Waals surface area (Å²) in [5, 5.41) is 9.07. The molecule has 0 saturated heterocycles. The molecule has 0 heterocycles. The van der Waals surface area contributed by atoms with Crippen LogP contribution in [0.4, 0.5) is 0 Å². The second-order valence-electron chi connectivity index (χ2n) is 2.18. The van der Waals surface area contributed by atoms with E-state index in [-0.39, 0.29) is 17.0 Å². The maximum atomic E-state index is 9.07. The highest BCUT2D eigenvalue weighted by Gasteiger charge is 2.22. The predicted octanol–water partition coefficient (Wildman–Crippen LogP) is 0.550. The highest BCUT2D eigenvalue weighted by Crippen LogP contribution is 2.08. The summed E-state index contributed by atoms with van der Waals surface area (Å²) in [5.41, 5.74) is 0. The first-order valence-electron chi connectivity index (χ1n) is 2.63. The van der Waals surface area contributed by atoms with E-state index in [1.54, 1.807) is 0 Å². The maximum Gasteiger partial charge on any atom is 0.257 e. The van der Waals surface area contributed by atoms with Crippen molar-refractivity contribution in [3.8, 4) is 0 Å². The molecule has 0 aliphatic heterocycles. The SMILES string of the molecule is [B]B(I)B(O)C(C)C. The van der Waals surface area contributed by atoms with Crippen molar-refractivity contribution >= 4 is 41.3 Å². The van der Waals surface area contributed by atoms with Crippen LogP contribution in [-0.2, 0) is 0 Å². The fourth-order valence-electron chi connectivity index (χ4n) is 0.368. The van der Waals surface area contributed by atoms with Gasteiger partial charge in [0.1, 0.15) is 0 Å². The van der Waals surface area contributed by atoms with Gasteiger partial charge in [0.2, 0.25) is 0 Å². The van der Waals surface area contributed by atoms with Crippen molar-refractivity contribution in [1.29, 1.82) is 0 Å². The molecule has 0 rings (SSSR count). The van der Waals surface area contributed by atoms with E-state index >= 15 is 0 Å². The predicted molar refractivity (Wildman–Crippen MR) is 48.6 cm³/mol. The van der Waals surface area contributed by atoms with Gasteiger partial charge in [0.25, 0.3) is 6.81 Å². The molecule has 0 aromatic heterocycles. The van der Waals surface area contributed by atoms with Crippen LogP contribution in [0.2, 0.25) is 5.82 Å². The van der Waals surface area contributed by atoms with Gasteiger partial charge in [0, 0.05) is 7.74 Å². The molecule has 5 heteroatoms. The lowest BCUT2D eigenvalue weighted by Crippen LogP contribution is -2.33. The molecule has 0 unspecified atom stereocenters. The Morgan fingerprint density at radius 2 is 2.00 bits per heavy atom. The first kappa shape index (κ1) is 8.88. The summed E-state index contributed by atoms with van der Waals surface area (Å²) in [4.78, 5) is 0. The van der Waals surface area contributed by atoms with E-state index < -0.39 is 0 Å². The minimum absolute atomic E-state index is 0.132. The van der Waals surface area contributed by atoms with E-state index in [1.807, 2.05) is 36.2 Å². The fourth-order valence-corrected chi connectivity index (χ4v) is 1.20. The molecule has 0 aliphatic rings. The van der Waals surface area contributed by atoms with Crippen molar-refractivity contribution in [2.24, 2.45) is 0 Å². The zero-order valence-corrected chi connectivity index (χ0v) is 7.29. The molecule has 8 heavy (non-hydrogen) atoms. The molecule has 2 radical (unpaired) electrons. The third-order valence-corrected chi connectivity index (χ3v) is 1.75. The van der Waals surface area contributed by atoms with Crippen LogP contribution in [-0.4, -0.2) is 23.9 Å². The Bertz CT molecular complexity index is 59.5. The van der Waals surface area contributed by atoms with Crippen LogP contribution in [0.25, 0.3) is 0 Å². The zero-order chi connectivity index (χ0) is 6.73. The second kappa shape index (κ2) is 3.83. The molecule has 0 saturated carbocycles. The van der Waals surface area contributed by atoms with Gasteiger partial charge in [-0.15, -0.1) is 0 Å². The molecule has 0 aromatic carbocycles. The minimum atomic E-state index is -0.365. The summed E-state index contributed by atoms with van der Waals surface area (Å²) in [6, 6.07) is 0. The van der Waals surface area contributed by atoms with Crippen molar-refractivity contribution < 1.29 is 5.02 Å². The van der Waals surface area contributed by atoms with Crippen molar-refractivity contribution in [2.45, 2.75) is 19.7 Å². The normalized spacial score (nSPS) is 9.62. The highest BCUT2D eigenvalue weighted by atomic mass is 127. The van der Waals surface area contributed by atoms with E-state index in [4.69, 9.17) is 12.8 Å². The van der Waals surface area contributed by atoms with Crippen LogP contribution in [0.1, 0.15) is 13.8 Å². The van der Waals surface area contributed by atoms with Crippen LogP contribution >= 0.6 is 22.4 Å². The van der Waals surface area contributed by atoms with Gasteiger partial charge in [-0.2, -0.15) is 22.4 Å². The van der Waals surface area contributed by atoms with Crippen LogP contribution in [0.5, 0.6) is 0 Å². The van der Waals surface area contributed by atoms with Gasteiger partial charge in [0.15, 0.2) is 4.35 Å². The summed E-state index contributed by atoms with van der Waals surface area (Å²) in [6.45, 7) is 3.53. The molecule has 0 amide bonds. The number of rotatable bonds is 2. The first-order chi connectivity index (χ1) is 3.55. The van der Waals surface area contributed by atoms with E-state index in [0.29, 0.717) is 0 Å². The van der Waals surface area contributed by atoms with E-state index in [0.717, 1.165) is 0 Å². The lowest BCUT2D eigenvalue weighted by Gasteiger charge is -2.09. The average Bonchev–Trinajstić information content (AvgIpc) is 1.64. The fraction of sp³-hybridized carbons (Fsp3) is 1.00. The third-order valence-electron chi connectivity index (χ3n) is 1.01. The van der Waals surface area contributed by atoms with Crippen LogP contribution in [0, 0.1) is 0 Å². The van der Waals surface area contributed by atoms with Crippen molar-refractivity contribution in [3.63, 3.8) is 0 Å². The van der Waals surface area contributed by atoms with Gasteiger partial charge in [-0.05, 0) is 5.82 Å². The van der Waals surface area contributed by atoms with Crippen LogP contribution in [0.3, 0.4) is 0 Å². The molecule has 0 aliphatic carbocycles. The molecule has 0 atom stereocenters. The maximum absolute atomic E-state index is 9.07. The van der Waals surface area contributed by atoms with Gasteiger partial charge in [-0.1, -0.05) is 13.8 Å². The molecule has 0 spiro atoms. The second-order valence-corrected chi connectivity index (χ2v) is 3.62. The lowest BCUT2D eigenvalue weighted by molar-refractivity contribution is 0.577. The number of hydrogen-bond acceptors (Lipinski definition) is 1. The molecule has 42 valence electrons. The third kappa shape index (κ3) is 3.02. The van der Waals surface area contributed by atoms with Gasteiger partial charge in [0.05, 0.1) is 0 Å². The Kier molecular flexibility index (Phi) is 4.25. The van der Waals surface area contributed by atoms with Gasteiger partial charge < -0.3 is 5.02 Å². The van der Waals surface area contributed by atoms with Gasteiger partial charge in [-0.3, -0.25) is 0 Å². The Morgan fingerprint density at radius 3 is 2.00 bits per heavy atom. The number of halogens is 1. The van der Waals surface area contributed by atoms with E-state index in [9.17, 15) is 0 Å². The van der Waals surface area contributed by atoms with Crippen LogP contribution < -0.4 is 0 Å². The molecular weight excluding hydrogens is 211 g/mol. The van der Waals surface area contributed by atoms with Crippen molar-refractivity contribution in [3.05, 3.63) is 0 Å². The summed E-state index contributed by atoms with van der Waals surface area (Å²) in [7, 11) is 5.37. The molecule has 0 aromatic rings.